The molecular formula is C6H15N3O2S. The van der Waals surface area contributed by atoms with Gasteiger partial charge in [-0.3, -0.25) is 10.2 Å². The van der Waals surface area contributed by atoms with Crippen molar-refractivity contribution >= 4 is 24.7 Å². The molecule has 0 aromatic rings. The Labute approximate surface area is 77.7 Å². The van der Waals surface area contributed by atoms with Gasteiger partial charge in [-0.25, -0.2) is 0 Å². The van der Waals surface area contributed by atoms with Gasteiger partial charge in [0, 0.05) is 6.92 Å². The second kappa shape index (κ2) is 10.1. The predicted octanol–water partition coefficient (Wildman–Crippen LogP) is 0.274. The number of hydrogen-bond acceptors (Lipinski definition) is 4. The molecule has 0 aliphatic carbocycles. The van der Waals surface area contributed by atoms with Gasteiger partial charge < -0.3 is 15.2 Å². The molecule has 0 heterocycles. The summed E-state index contributed by atoms with van der Waals surface area (Å²) < 4.78 is 6.64. The van der Waals surface area contributed by atoms with Crippen LogP contribution < -0.4 is 10.5 Å². The van der Waals surface area contributed by atoms with E-state index in [9.17, 15) is 4.79 Å². The van der Waals surface area contributed by atoms with E-state index in [0.29, 0.717) is 6.61 Å². The minimum absolute atomic E-state index is 0.131. The van der Waals surface area contributed by atoms with Gasteiger partial charge in [0.15, 0.2) is 5.96 Å². The minimum atomic E-state index is -0.193. The molecule has 0 bridgehead atoms. The molecule has 0 rings (SSSR count). The average Bonchev–Trinajstić information content (AvgIpc) is 2.02. The van der Waals surface area contributed by atoms with Crippen molar-refractivity contribution in [3.8, 4) is 0 Å². The van der Waals surface area contributed by atoms with Crippen molar-refractivity contribution in [1.29, 1.82) is 5.41 Å². The first kappa shape index (κ1) is 13.7. The molecular weight excluding hydrogens is 178 g/mol. The number of carbonyl (C=O) groups is 1. The van der Waals surface area contributed by atoms with Crippen LogP contribution >= 0.6 is 12.8 Å². The maximum Gasteiger partial charge on any atom is 0.302 e. The summed E-state index contributed by atoms with van der Waals surface area (Å²) in [4.78, 5) is 9.98. The van der Waals surface area contributed by atoms with Crippen LogP contribution in [0.3, 0.4) is 0 Å². The molecule has 0 atom stereocenters. The van der Waals surface area contributed by atoms with Crippen molar-refractivity contribution in [2.75, 3.05) is 6.61 Å². The van der Waals surface area contributed by atoms with Gasteiger partial charge in [0.2, 0.25) is 0 Å². The first-order chi connectivity index (χ1) is 5.54. The third kappa shape index (κ3) is 23.0. The van der Waals surface area contributed by atoms with Crippen molar-refractivity contribution in [1.82, 2.24) is 4.72 Å². The molecule has 0 aliphatic heterocycles. The average molecular weight is 193 g/mol. The van der Waals surface area contributed by atoms with E-state index in [1.165, 1.54) is 6.92 Å². The SMILES string of the molecule is CCCOC(C)=O.N=C(N)NS. The van der Waals surface area contributed by atoms with E-state index in [2.05, 4.69) is 28.0 Å². The van der Waals surface area contributed by atoms with Gasteiger partial charge in [0.05, 0.1) is 6.61 Å². The number of nitrogens with one attached hydrogen (secondary N) is 2. The lowest BCUT2D eigenvalue weighted by Crippen LogP contribution is -2.21. The van der Waals surface area contributed by atoms with Crippen molar-refractivity contribution in [3.05, 3.63) is 0 Å². The van der Waals surface area contributed by atoms with E-state index < -0.39 is 0 Å². The number of ether oxygens (including phenoxy) is 1. The van der Waals surface area contributed by atoms with Gasteiger partial charge in [-0.2, -0.15) is 0 Å². The first-order valence-electron chi connectivity index (χ1n) is 3.42. The highest BCUT2D eigenvalue weighted by atomic mass is 32.1. The lowest BCUT2D eigenvalue weighted by Gasteiger charge is -1.93. The standard InChI is InChI=1S/C5H10O2.CH5N3S/c1-3-4-7-5(2)6;2-1(3)4-5/h3-4H2,1-2H3;5H,(H4,2,3,4). The normalized spacial score (nSPS) is 7.58. The highest BCUT2D eigenvalue weighted by molar-refractivity contribution is 7.78. The lowest BCUT2D eigenvalue weighted by atomic mass is 10.5. The topological polar surface area (TPSA) is 88.2 Å². The molecule has 0 amide bonds. The molecule has 5 nitrogen and oxygen atoms in total. The molecule has 0 aromatic carbocycles. The molecule has 0 saturated carbocycles. The van der Waals surface area contributed by atoms with Gasteiger partial charge in [-0.05, 0) is 6.42 Å². The quantitative estimate of drug-likeness (QED) is 0.219. The molecule has 4 N–H and O–H groups in total. The lowest BCUT2D eigenvalue weighted by molar-refractivity contribution is -0.140. The summed E-state index contributed by atoms with van der Waals surface area (Å²) in [6, 6.07) is 0. The van der Waals surface area contributed by atoms with Crippen molar-refractivity contribution in [2.45, 2.75) is 20.3 Å². The highest BCUT2D eigenvalue weighted by Crippen LogP contribution is 1.78. The molecule has 0 spiro atoms. The van der Waals surface area contributed by atoms with Gasteiger partial charge in [-0.15, -0.1) is 0 Å². The number of carbonyl (C=O) groups excluding carboxylic acids is 1. The monoisotopic (exact) mass is 193 g/mol. The Hall–Kier alpha value is -0.910. The zero-order valence-corrected chi connectivity index (χ0v) is 8.15. The van der Waals surface area contributed by atoms with Crippen LogP contribution in [0.15, 0.2) is 0 Å². The molecule has 0 aliphatic rings. The fourth-order valence-corrected chi connectivity index (χ4v) is 0.246. The molecule has 0 unspecified atom stereocenters. The number of hydrogen-bond donors (Lipinski definition) is 4. The fourth-order valence-electron chi connectivity index (χ4n) is 0.246. The third-order valence-corrected chi connectivity index (χ3v) is 0.871. The second-order valence-electron chi connectivity index (χ2n) is 1.87. The van der Waals surface area contributed by atoms with Gasteiger partial charge in [0.1, 0.15) is 0 Å². The summed E-state index contributed by atoms with van der Waals surface area (Å²) in [5.41, 5.74) is 4.69. The number of rotatable bonds is 2. The number of esters is 1. The number of thiol groups is 1. The molecule has 0 fully saturated rings. The van der Waals surface area contributed by atoms with Crippen LogP contribution in [0, 0.1) is 5.41 Å². The van der Waals surface area contributed by atoms with Crippen LogP contribution in [0.1, 0.15) is 20.3 Å². The molecule has 72 valence electrons. The summed E-state index contributed by atoms with van der Waals surface area (Å²) in [7, 11) is 0. The number of nitrogens with two attached hydrogens (primary N) is 1. The Bertz CT molecular complexity index is 141. The Balaban J connectivity index is 0. The van der Waals surface area contributed by atoms with Crippen LogP contribution in [0.2, 0.25) is 0 Å². The van der Waals surface area contributed by atoms with E-state index in [4.69, 9.17) is 5.41 Å². The van der Waals surface area contributed by atoms with Crippen LogP contribution in [-0.4, -0.2) is 18.5 Å². The summed E-state index contributed by atoms with van der Waals surface area (Å²) in [5.74, 6) is -0.324. The Morgan fingerprint density at radius 3 is 2.25 bits per heavy atom. The Morgan fingerprint density at radius 2 is 2.17 bits per heavy atom. The fraction of sp³-hybridized carbons (Fsp3) is 0.667. The van der Waals surface area contributed by atoms with E-state index in [1.54, 1.807) is 0 Å². The Morgan fingerprint density at radius 1 is 1.75 bits per heavy atom. The van der Waals surface area contributed by atoms with Crippen molar-refractivity contribution < 1.29 is 9.53 Å². The minimum Gasteiger partial charge on any atom is -0.466 e. The summed E-state index contributed by atoms with van der Waals surface area (Å²) in [6.07, 6.45) is 0.902. The predicted molar refractivity (Wildman–Crippen MR) is 51.0 cm³/mol. The second-order valence-corrected chi connectivity index (χ2v) is 2.09. The van der Waals surface area contributed by atoms with E-state index in [1.807, 2.05) is 6.92 Å². The smallest absolute Gasteiger partial charge is 0.302 e. The molecule has 0 saturated heterocycles. The molecule has 12 heavy (non-hydrogen) atoms. The zero-order chi connectivity index (χ0) is 9.98. The van der Waals surface area contributed by atoms with Crippen LogP contribution in [-0.2, 0) is 9.53 Å². The van der Waals surface area contributed by atoms with Gasteiger partial charge in [0.25, 0.3) is 0 Å². The summed E-state index contributed by atoms with van der Waals surface area (Å²) in [5, 5.41) is 6.33. The molecule has 0 radical (unpaired) electrons. The van der Waals surface area contributed by atoms with E-state index >= 15 is 0 Å². The molecule has 6 heteroatoms. The maximum absolute atomic E-state index is 9.98. The van der Waals surface area contributed by atoms with E-state index in [-0.39, 0.29) is 11.9 Å². The highest BCUT2D eigenvalue weighted by Gasteiger charge is 1.85. The van der Waals surface area contributed by atoms with Crippen molar-refractivity contribution in [3.63, 3.8) is 0 Å². The largest absolute Gasteiger partial charge is 0.466 e. The maximum atomic E-state index is 9.98. The van der Waals surface area contributed by atoms with Crippen LogP contribution in [0.4, 0.5) is 0 Å². The third-order valence-electron chi connectivity index (χ3n) is 0.630. The molecule has 0 aromatic heterocycles. The number of guanidine groups is 1. The zero-order valence-electron chi connectivity index (χ0n) is 7.26. The summed E-state index contributed by atoms with van der Waals surface area (Å²) >= 11 is 3.42. The van der Waals surface area contributed by atoms with Crippen molar-refractivity contribution in [2.24, 2.45) is 5.73 Å². The Kier molecular flexibility index (Phi) is 11.5. The van der Waals surface area contributed by atoms with Crippen LogP contribution in [0.5, 0.6) is 0 Å². The van der Waals surface area contributed by atoms with E-state index in [0.717, 1.165) is 6.42 Å². The van der Waals surface area contributed by atoms with Crippen LogP contribution in [0.25, 0.3) is 0 Å². The van der Waals surface area contributed by atoms with Gasteiger partial charge >= 0.3 is 5.97 Å². The van der Waals surface area contributed by atoms with Gasteiger partial charge in [-0.1, -0.05) is 19.7 Å². The summed E-state index contributed by atoms with van der Waals surface area (Å²) in [6.45, 7) is 3.92. The first-order valence-corrected chi connectivity index (χ1v) is 3.86.